The first-order valence-electron chi connectivity index (χ1n) is 8.95. The Labute approximate surface area is 166 Å². The van der Waals surface area contributed by atoms with Crippen molar-refractivity contribution in [3.63, 3.8) is 0 Å². The van der Waals surface area contributed by atoms with Gasteiger partial charge in [-0.3, -0.25) is 9.78 Å². The second kappa shape index (κ2) is 8.15. The van der Waals surface area contributed by atoms with Crippen LogP contribution in [0.4, 0.5) is 21.5 Å². The Morgan fingerprint density at radius 1 is 1.14 bits per heavy atom. The molecule has 4 rings (SSSR count). The van der Waals surface area contributed by atoms with Gasteiger partial charge in [-0.25, -0.2) is 4.39 Å². The molecule has 1 aliphatic rings. The van der Waals surface area contributed by atoms with Crippen molar-refractivity contribution in [1.82, 2.24) is 4.98 Å². The fraction of sp³-hybridized carbons (Fsp3) is 0.143. The molecule has 0 bridgehead atoms. The molecule has 1 aliphatic heterocycles. The van der Waals surface area contributed by atoms with E-state index in [1.165, 1.54) is 19.4 Å². The molecule has 2 aromatic carbocycles. The monoisotopic (exact) mass is 394 g/mol. The summed E-state index contributed by atoms with van der Waals surface area (Å²) in [5.74, 6) is -0.662. The third-order valence-electron chi connectivity index (χ3n) is 4.49. The Kier molecular flexibility index (Phi) is 5.26. The molecule has 2 heterocycles. The summed E-state index contributed by atoms with van der Waals surface area (Å²) in [6, 6.07) is 13.5. The molecule has 7 nitrogen and oxygen atoms in total. The average molecular weight is 394 g/mol. The van der Waals surface area contributed by atoms with E-state index < -0.39 is 5.82 Å². The van der Waals surface area contributed by atoms with Crippen molar-refractivity contribution < 1.29 is 18.7 Å². The van der Waals surface area contributed by atoms with Crippen LogP contribution in [0.3, 0.4) is 0 Å². The molecule has 0 unspecified atom stereocenters. The normalized spacial score (nSPS) is 12.8. The first kappa shape index (κ1) is 18.7. The Hall–Kier alpha value is -3.65. The number of hydrogen-bond donors (Lipinski definition) is 3. The fourth-order valence-electron chi connectivity index (χ4n) is 2.99. The molecule has 3 aromatic rings. The van der Waals surface area contributed by atoms with Crippen molar-refractivity contribution in [1.29, 1.82) is 0 Å². The van der Waals surface area contributed by atoms with Gasteiger partial charge >= 0.3 is 0 Å². The van der Waals surface area contributed by atoms with E-state index in [4.69, 9.17) is 9.47 Å². The average Bonchev–Trinajstić information content (AvgIpc) is 2.99. The smallest absolute Gasteiger partial charge is 0.257 e. The maximum Gasteiger partial charge on any atom is 0.257 e. The number of fused-ring (bicyclic) bond motifs is 1. The molecule has 0 radical (unpaired) electrons. The number of methoxy groups -OCH3 is 1. The van der Waals surface area contributed by atoms with Gasteiger partial charge in [0.15, 0.2) is 11.6 Å². The molecule has 148 valence electrons. The van der Waals surface area contributed by atoms with Gasteiger partial charge in [0.2, 0.25) is 0 Å². The lowest BCUT2D eigenvalue weighted by atomic mass is 10.1. The summed E-state index contributed by atoms with van der Waals surface area (Å²) in [6.45, 7) is 0.793. The van der Waals surface area contributed by atoms with Gasteiger partial charge in [0.1, 0.15) is 13.5 Å². The highest BCUT2D eigenvalue weighted by Crippen LogP contribution is 2.29. The number of ether oxygens (including phenoxy) is 2. The van der Waals surface area contributed by atoms with Gasteiger partial charge in [-0.05, 0) is 42.5 Å². The Morgan fingerprint density at radius 2 is 1.97 bits per heavy atom. The number of aromatic nitrogens is 1. The van der Waals surface area contributed by atoms with Crippen molar-refractivity contribution in [2.45, 2.75) is 0 Å². The number of carbonyl (C=O) groups excluding carboxylic acids is 1. The number of halogens is 1. The van der Waals surface area contributed by atoms with E-state index in [0.29, 0.717) is 36.0 Å². The largest absolute Gasteiger partial charge is 0.494 e. The van der Waals surface area contributed by atoms with Gasteiger partial charge < -0.3 is 25.4 Å². The minimum atomic E-state index is -0.491. The molecule has 29 heavy (non-hydrogen) atoms. The standard InChI is InChI=1S/C21H19FN4O3/c1-28-19-4-2-3-15(20(19)22)16-7-5-13(10-23-16)21(27)26-14-6-8-17-18(9-14)25-12-29-11-24-17/h2-10,24-25H,11-12H2,1H3,(H,26,27). The maximum absolute atomic E-state index is 14.4. The molecule has 0 atom stereocenters. The summed E-state index contributed by atoms with van der Waals surface area (Å²) in [6.07, 6.45) is 1.42. The number of hydrogen-bond acceptors (Lipinski definition) is 6. The van der Waals surface area contributed by atoms with Gasteiger partial charge in [-0.15, -0.1) is 0 Å². The minimum absolute atomic E-state index is 0.142. The van der Waals surface area contributed by atoms with Crippen LogP contribution >= 0.6 is 0 Å². The van der Waals surface area contributed by atoms with E-state index in [1.54, 1.807) is 30.3 Å². The summed E-state index contributed by atoms with van der Waals surface area (Å²) in [7, 11) is 1.41. The molecule has 0 fully saturated rings. The van der Waals surface area contributed by atoms with Crippen LogP contribution < -0.4 is 20.7 Å². The quantitative estimate of drug-likeness (QED) is 0.622. The highest BCUT2D eigenvalue weighted by atomic mass is 19.1. The maximum atomic E-state index is 14.4. The van der Waals surface area contributed by atoms with Crippen LogP contribution in [0.15, 0.2) is 54.7 Å². The van der Waals surface area contributed by atoms with E-state index in [0.717, 1.165) is 11.4 Å². The third kappa shape index (κ3) is 3.97. The van der Waals surface area contributed by atoms with E-state index in [-0.39, 0.29) is 11.7 Å². The van der Waals surface area contributed by atoms with E-state index in [1.807, 2.05) is 12.1 Å². The van der Waals surface area contributed by atoms with Crippen LogP contribution in [0.2, 0.25) is 0 Å². The topological polar surface area (TPSA) is 84.5 Å². The predicted octanol–water partition coefficient (Wildman–Crippen LogP) is 3.92. The Balaban J connectivity index is 1.51. The number of benzene rings is 2. The zero-order chi connectivity index (χ0) is 20.2. The number of nitrogens with zero attached hydrogens (tertiary/aromatic N) is 1. The fourth-order valence-corrected chi connectivity index (χ4v) is 2.99. The molecule has 0 spiro atoms. The molecule has 1 amide bonds. The van der Waals surface area contributed by atoms with Crippen LogP contribution in [0.25, 0.3) is 11.3 Å². The lowest BCUT2D eigenvalue weighted by Gasteiger charge is -2.11. The predicted molar refractivity (Wildman–Crippen MR) is 109 cm³/mol. The van der Waals surface area contributed by atoms with Crippen molar-refractivity contribution in [2.24, 2.45) is 0 Å². The number of rotatable bonds is 4. The van der Waals surface area contributed by atoms with Crippen molar-refractivity contribution in [3.05, 3.63) is 66.1 Å². The zero-order valence-corrected chi connectivity index (χ0v) is 15.7. The minimum Gasteiger partial charge on any atom is -0.494 e. The van der Waals surface area contributed by atoms with Gasteiger partial charge in [-0.1, -0.05) is 6.07 Å². The second-order valence-electron chi connectivity index (χ2n) is 6.31. The summed E-state index contributed by atoms with van der Waals surface area (Å²) in [4.78, 5) is 16.8. The number of nitrogens with one attached hydrogen (secondary N) is 3. The van der Waals surface area contributed by atoms with Crippen molar-refractivity contribution >= 4 is 23.0 Å². The summed E-state index contributed by atoms with van der Waals surface area (Å²) < 4.78 is 24.7. The summed E-state index contributed by atoms with van der Waals surface area (Å²) >= 11 is 0. The Morgan fingerprint density at radius 3 is 2.72 bits per heavy atom. The third-order valence-corrected chi connectivity index (χ3v) is 4.49. The van der Waals surface area contributed by atoms with Crippen LogP contribution in [-0.4, -0.2) is 31.5 Å². The lowest BCUT2D eigenvalue weighted by Crippen LogP contribution is -2.12. The van der Waals surface area contributed by atoms with Gasteiger partial charge in [0, 0.05) is 17.4 Å². The second-order valence-corrected chi connectivity index (χ2v) is 6.31. The van der Waals surface area contributed by atoms with Crippen molar-refractivity contribution in [3.8, 4) is 17.0 Å². The Bertz CT molecular complexity index is 1040. The number of anilines is 3. The molecular weight excluding hydrogens is 375 g/mol. The molecule has 1 aromatic heterocycles. The molecule has 8 heteroatoms. The highest BCUT2D eigenvalue weighted by molar-refractivity contribution is 6.04. The van der Waals surface area contributed by atoms with Crippen LogP contribution in [0, 0.1) is 5.82 Å². The molecule has 0 aliphatic carbocycles. The first-order chi connectivity index (χ1) is 14.2. The van der Waals surface area contributed by atoms with Crippen molar-refractivity contribution in [2.75, 3.05) is 36.5 Å². The van der Waals surface area contributed by atoms with Gasteiger partial charge in [0.25, 0.3) is 5.91 Å². The van der Waals surface area contributed by atoms with Crippen LogP contribution in [0.1, 0.15) is 10.4 Å². The lowest BCUT2D eigenvalue weighted by molar-refractivity contribution is 0.102. The zero-order valence-electron chi connectivity index (χ0n) is 15.7. The van der Waals surface area contributed by atoms with E-state index >= 15 is 0 Å². The molecule has 0 saturated heterocycles. The van der Waals surface area contributed by atoms with Gasteiger partial charge in [-0.2, -0.15) is 0 Å². The number of pyridine rings is 1. The van der Waals surface area contributed by atoms with Crippen LogP contribution in [-0.2, 0) is 4.74 Å². The molecule has 3 N–H and O–H groups in total. The van der Waals surface area contributed by atoms with Crippen LogP contribution in [0.5, 0.6) is 5.75 Å². The first-order valence-corrected chi connectivity index (χ1v) is 8.95. The van der Waals surface area contributed by atoms with E-state index in [2.05, 4.69) is 20.9 Å². The number of amides is 1. The summed E-state index contributed by atoms with van der Waals surface area (Å²) in [5, 5.41) is 9.09. The van der Waals surface area contributed by atoms with Gasteiger partial charge in [0.05, 0.1) is 29.7 Å². The molecular formula is C21H19FN4O3. The highest BCUT2D eigenvalue weighted by Gasteiger charge is 2.14. The van der Waals surface area contributed by atoms with E-state index in [9.17, 15) is 9.18 Å². The number of carbonyl (C=O) groups is 1. The summed E-state index contributed by atoms with van der Waals surface area (Å²) in [5.41, 5.74) is 3.45. The molecule has 0 saturated carbocycles. The SMILES string of the molecule is COc1cccc(-c2ccc(C(=O)Nc3ccc4c(c3)NCOCN4)cn2)c1F.